The van der Waals surface area contributed by atoms with Gasteiger partial charge in [-0.2, -0.15) is 0 Å². The molecule has 1 saturated heterocycles. The van der Waals surface area contributed by atoms with Crippen molar-refractivity contribution >= 4 is 17.7 Å². The van der Waals surface area contributed by atoms with Crippen molar-refractivity contribution in [1.29, 1.82) is 0 Å². The van der Waals surface area contributed by atoms with E-state index in [1.807, 2.05) is 30.3 Å². The predicted octanol–water partition coefficient (Wildman–Crippen LogP) is 3.75. The van der Waals surface area contributed by atoms with E-state index in [0.29, 0.717) is 13.1 Å². The van der Waals surface area contributed by atoms with Gasteiger partial charge in [0, 0.05) is 30.1 Å². The summed E-state index contributed by atoms with van der Waals surface area (Å²) in [5.74, 6) is -1.38. The molecule has 25 heavy (non-hydrogen) atoms. The highest BCUT2D eigenvalue weighted by molar-refractivity contribution is 8.00. The second kappa shape index (κ2) is 7.97. The molecule has 0 spiro atoms. The summed E-state index contributed by atoms with van der Waals surface area (Å²) in [6.45, 7) is 1.16. The number of hydrogen-bond acceptors (Lipinski definition) is 3. The van der Waals surface area contributed by atoms with Gasteiger partial charge in [0.25, 0.3) is 0 Å². The first-order valence-corrected chi connectivity index (χ1v) is 9.13. The Morgan fingerprint density at radius 1 is 1.20 bits per heavy atom. The van der Waals surface area contributed by atoms with Gasteiger partial charge in [-0.05, 0) is 30.5 Å². The number of nitrogens with zero attached hydrogens (tertiary/aromatic N) is 1. The van der Waals surface area contributed by atoms with Gasteiger partial charge in [0.05, 0.1) is 0 Å². The molecule has 2 aromatic carbocycles. The second-order valence-corrected chi connectivity index (χ2v) is 7.32. The van der Waals surface area contributed by atoms with Gasteiger partial charge in [-0.1, -0.05) is 30.3 Å². The van der Waals surface area contributed by atoms with Gasteiger partial charge >= 0.3 is 0 Å². The van der Waals surface area contributed by atoms with Crippen LogP contribution in [0, 0.1) is 11.6 Å². The molecule has 3 rings (SSSR count). The Kier molecular flexibility index (Phi) is 5.71. The quantitative estimate of drug-likeness (QED) is 0.843. The van der Waals surface area contributed by atoms with E-state index in [1.54, 1.807) is 4.90 Å². The van der Waals surface area contributed by atoms with Crippen LogP contribution in [0.15, 0.2) is 53.4 Å². The van der Waals surface area contributed by atoms with E-state index in [9.17, 15) is 13.6 Å². The van der Waals surface area contributed by atoms with Crippen LogP contribution in [0.4, 0.5) is 8.78 Å². The topological polar surface area (TPSA) is 46.3 Å². The van der Waals surface area contributed by atoms with Gasteiger partial charge < -0.3 is 10.6 Å². The molecule has 0 saturated carbocycles. The van der Waals surface area contributed by atoms with Gasteiger partial charge in [-0.25, -0.2) is 8.78 Å². The summed E-state index contributed by atoms with van der Waals surface area (Å²) < 4.78 is 27.3. The monoisotopic (exact) mass is 362 g/mol. The SMILES string of the molecule is NC1CCCN(C(=O)C(Sc2ccc(F)cc2F)c2ccccc2)C1. The fraction of sp³-hybridized carbons (Fsp3) is 0.316. The van der Waals surface area contributed by atoms with Crippen LogP contribution in [0.2, 0.25) is 0 Å². The number of rotatable bonds is 4. The number of carbonyl (C=O) groups is 1. The third kappa shape index (κ3) is 4.38. The Hall–Kier alpha value is -1.92. The third-order valence-electron chi connectivity index (χ3n) is 4.23. The summed E-state index contributed by atoms with van der Waals surface area (Å²) in [7, 11) is 0. The molecule has 0 radical (unpaired) electrons. The first kappa shape index (κ1) is 17.9. The number of benzene rings is 2. The highest BCUT2D eigenvalue weighted by atomic mass is 32.2. The Balaban J connectivity index is 1.88. The van der Waals surface area contributed by atoms with Gasteiger partial charge in [0.1, 0.15) is 16.9 Å². The molecule has 1 heterocycles. The van der Waals surface area contributed by atoms with E-state index in [1.165, 1.54) is 12.1 Å². The molecule has 0 aromatic heterocycles. The van der Waals surface area contributed by atoms with Gasteiger partial charge in [0.15, 0.2) is 0 Å². The van der Waals surface area contributed by atoms with E-state index >= 15 is 0 Å². The molecule has 1 fully saturated rings. The van der Waals surface area contributed by atoms with E-state index in [2.05, 4.69) is 0 Å². The minimum absolute atomic E-state index is 0.0262. The van der Waals surface area contributed by atoms with Gasteiger partial charge in [0.2, 0.25) is 5.91 Å². The van der Waals surface area contributed by atoms with E-state index in [4.69, 9.17) is 5.73 Å². The van der Waals surface area contributed by atoms with Crippen LogP contribution in [0.5, 0.6) is 0 Å². The van der Waals surface area contributed by atoms with Crippen molar-refractivity contribution in [2.75, 3.05) is 13.1 Å². The van der Waals surface area contributed by atoms with Crippen LogP contribution in [0.1, 0.15) is 23.7 Å². The number of nitrogens with two attached hydrogens (primary N) is 1. The molecule has 132 valence electrons. The van der Waals surface area contributed by atoms with Crippen molar-refractivity contribution in [1.82, 2.24) is 4.90 Å². The molecular formula is C19H20F2N2OS. The maximum atomic E-state index is 14.1. The van der Waals surface area contributed by atoms with Crippen molar-refractivity contribution in [3.63, 3.8) is 0 Å². The summed E-state index contributed by atoms with van der Waals surface area (Å²) in [6, 6.07) is 12.6. The molecule has 2 N–H and O–H groups in total. The van der Waals surface area contributed by atoms with Gasteiger partial charge in [-0.3, -0.25) is 4.79 Å². The van der Waals surface area contributed by atoms with Crippen LogP contribution in [-0.2, 0) is 4.79 Å². The summed E-state index contributed by atoms with van der Waals surface area (Å²) in [6.07, 6.45) is 1.77. The number of carbonyl (C=O) groups excluding carboxylic acids is 1. The first-order chi connectivity index (χ1) is 12.0. The van der Waals surface area contributed by atoms with Crippen LogP contribution in [-0.4, -0.2) is 29.9 Å². The lowest BCUT2D eigenvalue weighted by molar-refractivity contribution is -0.131. The molecule has 1 aliphatic rings. The average molecular weight is 362 g/mol. The lowest BCUT2D eigenvalue weighted by Crippen LogP contribution is -2.47. The summed E-state index contributed by atoms with van der Waals surface area (Å²) in [5, 5.41) is -0.591. The van der Waals surface area contributed by atoms with Crippen LogP contribution in [0.25, 0.3) is 0 Å². The van der Waals surface area contributed by atoms with Crippen molar-refractivity contribution in [3.05, 3.63) is 65.7 Å². The molecule has 0 bridgehead atoms. The van der Waals surface area contributed by atoms with Crippen molar-refractivity contribution < 1.29 is 13.6 Å². The van der Waals surface area contributed by atoms with Crippen molar-refractivity contribution in [2.45, 2.75) is 29.0 Å². The average Bonchev–Trinajstić information content (AvgIpc) is 2.61. The highest BCUT2D eigenvalue weighted by Gasteiger charge is 2.30. The highest BCUT2D eigenvalue weighted by Crippen LogP contribution is 2.38. The number of thioether (sulfide) groups is 1. The number of halogens is 2. The van der Waals surface area contributed by atoms with E-state index in [0.717, 1.165) is 36.2 Å². The zero-order valence-corrected chi connectivity index (χ0v) is 14.5. The smallest absolute Gasteiger partial charge is 0.240 e. The molecule has 1 aliphatic heterocycles. The van der Waals surface area contributed by atoms with E-state index in [-0.39, 0.29) is 16.8 Å². The Labute approximate surface area is 150 Å². The molecule has 2 atom stereocenters. The lowest BCUT2D eigenvalue weighted by atomic mass is 10.0. The fourth-order valence-corrected chi connectivity index (χ4v) is 4.08. The van der Waals surface area contributed by atoms with Crippen LogP contribution >= 0.6 is 11.8 Å². The zero-order valence-electron chi connectivity index (χ0n) is 13.7. The largest absolute Gasteiger partial charge is 0.340 e. The molecule has 2 unspecified atom stereocenters. The van der Waals surface area contributed by atoms with E-state index < -0.39 is 16.9 Å². The Morgan fingerprint density at radius 3 is 2.64 bits per heavy atom. The molecule has 1 amide bonds. The third-order valence-corrected chi connectivity index (χ3v) is 5.53. The number of likely N-dealkylation sites (tertiary alicyclic amines) is 1. The predicted molar refractivity (Wildman–Crippen MR) is 95.2 cm³/mol. The molecule has 2 aromatic rings. The summed E-state index contributed by atoms with van der Waals surface area (Å²) in [5.41, 5.74) is 6.78. The molecular weight excluding hydrogens is 342 g/mol. The molecule has 0 aliphatic carbocycles. The van der Waals surface area contributed by atoms with Crippen molar-refractivity contribution in [2.24, 2.45) is 5.73 Å². The Bertz CT molecular complexity index is 741. The number of hydrogen-bond donors (Lipinski definition) is 1. The second-order valence-electron chi connectivity index (χ2n) is 6.17. The Morgan fingerprint density at radius 2 is 1.96 bits per heavy atom. The van der Waals surface area contributed by atoms with Crippen LogP contribution in [0.3, 0.4) is 0 Å². The normalized spacial score (nSPS) is 18.8. The fourth-order valence-electron chi connectivity index (χ4n) is 2.96. The number of amides is 1. The first-order valence-electron chi connectivity index (χ1n) is 8.25. The van der Waals surface area contributed by atoms with Crippen LogP contribution < -0.4 is 5.73 Å². The minimum atomic E-state index is -0.658. The summed E-state index contributed by atoms with van der Waals surface area (Å²) >= 11 is 1.11. The number of piperidine rings is 1. The van der Waals surface area contributed by atoms with Gasteiger partial charge in [-0.15, -0.1) is 11.8 Å². The minimum Gasteiger partial charge on any atom is -0.340 e. The standard InChI is InChI=1S/C19H20F2N2OS/c20-14-8-9-17(16(21)11-14)25-18(13-5-2-1-3-6-13)19(24)23-10-4-7-15(22)12-23/h1-3,5-6,8-9,11,15,18H,4,7,10,12,22H2. The maximum Gasteiger partial charge on any atom is 0.240 e. The van der Waals surface area contributed by atoms with Crippen molar-refractivity contribution in [3.8, 4) is 0 Å². The maximum absolute atomic E-state index is 14.1. The zero-order chi connectivity index (χ0) is 17.8. The lowest BCUT2D eigenvalue weighted by Gasteiger charge is -2.33. The molecule has 6 heteroatoms. The summed E-state index contributed by atoms with van der Waals surface area (Å²) in [4.78, 5) is 15.1. The molecule has 3 nitrogen and oxygen atoms in total.